The van der Waals surface area contributed by atoms with Crippen LogP contribution in [0.1, 0.15) is 61.3 Å². The molecule has 0 fully saturated rings. The number of rotatable bonds is 9. The summed E-state index contributed by atoms with van der Waals surface area (Å²) in [6, 6.07) is 12.5. The number of aromatic nitrogens is 2. The van der Waals surface area contributed by atoms with E-state index >= 15 is 0 Å². The molecular weight excluding hydrogens is 406 g/mol. The summed E-state index contributed by atoms with van der Waals surface area (Å²) in [5.41, 5.74) is 3.32. The summed E-state index contributed by atoms with van der Waals surface area (Å²) >= 11 is 0. The molecule has 1 aliphatic heterocycles. The molecule has 1 amide bonds. The first kappa shape index (κ1) is 21.7. The van der Waals surface area contributed by atoms with Crippen molar-refractivity contribution >= 4 is 5.91 Å². The number of nitrogens with zero attached hydrogens (tertiary/aromatic N) is 2. The number of para-hydroxylation sites is 1. The van der Waals surface area contributed by atoms with Gasteiger partial charge in [0.2, 0.25) is 0 Å². The van der Waals surface area contributed by atoms with Gasteiger partial charge in [-0.2, -0.15) is 5.10 Å². The van der Waals surface area contributed by atoms with Crippen LogP contribution in [0.25, 0.3) is 11.3 Å². The molecule has 1 atom stereocenters. The summed E-state index contributed by atoms with van der Waals surface area (Å²) < 4.78 is 11.7. The number of phenols is 1. The molecule has 4 rings (SSSR count). The van der Waals surface area contributed by atoms with Crippen molar-refractivity contribution in [3.05, 3.63) is 59.3 Å². The van der Waals surface area contributed by atoms with Gasteiger partial charge in [-0.3, -0.25) is 9.89 Å². The summed E-state index contributed by atoms with van der Waals surface area (Å²) in [6.07, 6.45) is 1.72. The van der Waals surface area contributed by atoms with Crippen LogP contribution in [0.15, 0.2) is 42.5 Å². The molecule has 2 aromatic carbocycles. The van der Waals surface area contributed by atoms with Gasteiger partial charge < -0.3 is 19.5 Å². The second-order valence-electron chi connectivity index (χ2n) is 7.77. The lowest BCUT2D eigenvalue weighted by atomic mass is 9.95. The van der Waals surface area contributed by atoms with Gasteiger partial charge in [-0.15, -0.1) is 0 Å². The first-order chi connectivity index (χ1) is 15.6. The van der Waals surface area contributed by atoms with Crippen molar-refractivity contribution in [3.63, 3.8) is 0 Å². The largest absolute Gasteiger partial charge is 0.507 e. The van der Waals surface area contributed by atoms with Crippen molar-refractivity contribution in [1.82, 2.24) is 15.1 Å². The lowest BCUT2D eigenvalue weighted by molar-refractivity contribution is 0.0743. The van der Waals surface area contributed by atoms with Crippen molar-refractivity contribution in [3.8, 4) is 28.5 Å². The molecule has 0 saturated carbocycles. The number of hydrogen-bond acceptors (Lipinski definition) is 5. The SMILES string of the molecule is CCCOc1ccc([C@@H]2c3c(-c4ccccc4O)n[nH]c3C(=O)N2CCC)cc1OCC. The van der Waals surface area contributed by atoms with Crippen LogP contribution in [0.5, 0.6) is 17.2 Å². The number of hydrogen-bond donors (Lipinski definition) is 2. The van der Waals surface area contributed by atoms with Crippen molar-refractivity contribution in [2.24, 2.45) is 0 Å². The predicted molar refractivity (Wildman–Crippen MR) is 122 cm³/mol. The number of ether oxygens (including phenoxy) is 2. The van der Waals surface area contributed by atoms with Gasteiger partial charge in [0, 0.05) is 17.7 Å². The molecule has 32 heavy (non-hydrogen) atoms. The second-order valence-corrected chi connectivity index (χ2v) is 7.77. The van der Waals surface area contributed by atoms with Crippen LogP contribution in [-0.2, 0) is 0 Å². The minimum Gasteiger partial charge on any atom is -0.507 e. The Morgan fingerprint density at radius 2 is 1.88 bits per heavy atom. The highest BCUT2D eigenvalue weighted by Crippen LogP contribution is 2.45. The maximum atomic E-state index is 13.3. The van der Waals surface area contributed by atoms with E-state index in [1.165, 1.54) is 0 Å². The minimum atomic E-state index is -0.342. The van der Waals surface area contributed by atoms with E-state index in [1.54, 1.807) is 12.1 Å². The first-order valence-corrected chi connectivity index (χ1v) is 11.2. The van der Waals surface area contributed by atoms with E-state index in [1.807, 2.05) is 49.1 Å². The van der Waals surface area contributed by atoms with E-state index in [-0.39, 0.29) is 17.7 Å². The number of nitrogens with one attached hydrogen (secondary N) is 1. The van der Waals surface area contributed by atoms with Crippen LogP contribution >= 0.6 is 0 Å². The van der Waals surface area contributed by atoms with Crippen LogP contribution in [0.2, 0.25) is 0 Å². The number of H-pyrrole nitrogens is 1. The number of benzene rings is 2. The van der Waals surface area contributed by atoms with E-state index in [0.717, 1.165) is 24.0 Å². The third kappa shape index (κ3) is 3.79. The molecule has 3 aromatic rings. The Morgan fingerprint density at radius 1 is 1.06 bits per heavy atom. The number of aromatic amines is 1. The maximum Gasteiger partial charge on any atom is 0.273 e. The standard InChI is InChI=1S/C25H29N3O4/c1-4-13-28-24(16-11-12-19(32-14-5-2)20(15-16)31-6-3)21-22(26-27-23(21)25(28)30)17-9-7-8-10-18(17)29/h7-12,15,24,29H,4-6,13-14H2,1-3H3,(H,26,27)/t24-/m1/s1. The summed E-state index contributed by atoms with van der Waals surface area (Å²) in [7, 11) is 0. The molecule has 7 heteroatoms. The van der Waals surface area contributed by atoms with Crippen molar-refractivity contribution in [2.75, 3.05) is 19.8 Å². The van der Waals surface area contributed by atoms with E-state index in [9.17, 15) is 9.90 Å². The average Bonchev–Trinajstić information content (AvgIpc) is 3.33. The van der Waals surface area contributed by atoms with Crippen LogP contribution in [0.3, 0.4) is 0 Å². The number of fused-ring (bicyclic) bond motifs is 1. The Hall–Kier alpha value is -3.48. The van der Waals surface area contributed by atoms with Gasteiger partial charge in [0.25, 0.3) is 5.91 Å². The number of phenolic OH excluding ortho intramolecular Hbond substituents is 1. The Bertz CT molecular complexity index is 1110. The van der Waals surface area contributed by atoms with Gasteiger partial charge >= 0.3 is 0 Å². The smallest absolute Gasteiger partial charge is 0.273 e. The Kier molecular flexibility index (Phi) is 6.35. The van der Waals surface area contributed by atoms with Crippen molar-refractivity contribution in [1.29, 1.82) is 0 Å². The number of carbonyl (C=O) groups is 1. The molecular formula is C25H29N3O4. The molecule has 1 aromatic heterocycles. The molecule has 0 unspecified atom stereocenters. The van der Waals surface area contributed by atoms with Gasteiger partial charge in [0.15, 0.2) is 11.5 Å². The fourth-order valence-corrected chi connectivity index (χ4v) is 4.19. The molecule has 1 aliphatic rings. The van der Waals surface area contributed by atoms with Crippen LogP contribution in [-0.4, -0.2) is 45.9 Å². The predicted octanol–water partition coefficient (Wildman–Crippen LogP) is 4.93. The molecule has 0 radical (unpaired) electrons. The zero-order valence-electron chi connectivity index (χ0n) is 18.7. The van der Waals surface area contributed by atoms with Crippen LogP contribution in [0, 0.1) is 0 Å². The van der Waals surface area contributed by atoms with Crippen molar-refractivity contribution in [2.45, 2.75) is 39.7 Å². The fraction of sp³-hybridized carbons (Fsp3) is 0.360. The average molecular weight is 436 g/mol. The van der Waals surface area contributed by atoms with Gasteiger partial charge in [0.1, 0.15) is 17.1 Å². The van der Waals surface area contributed by atoms with E-state index in [0.29, 0.717) is 48.2 Å². The molecule has 168 valence electrons. The van der Waals surface area contributed by atoms with Gasteiger partial charge in [0.05, 0.1) is 19.3 Å². The highest BCUT2D eigenvalue weighted by atomic mass is 16.5. The van der Waals surface area contributed by atoms with Gasteiger partial charge in [-0.1, -0.05) is 32.0 Å². The molecule has 2 N–H and O–H groups in total. The summed E-state index contributed by atoms with van der Waals surface area (Å²) in [4.78, 5) is 15.1. The van der Waals surface area contributed by atoms with Crippen molar-refractivity contribution < 1.29 is 19.4 Å². The topological polar surface area (TPSA) is 87.7 Å². The molecule has 0 saturated heterocycles. The minimum absolute atomic E-state index is 0.0923. The van der Waals surface area contributed by atoms with Gasteiger partial charge in [-0.25, -0.2) is 0 Å². The summed E-state index contributed by atoms with van der Waals surface area (Å²) in [5.74, 6) is 1.38. The first-order valence-electron chi connectivity index (χ1n) is 11.2. The molecule has 0 aliphatic carbocycles. The normalized spacial score (nSPS) is 15.2. The number of amides is 1. The second kappa shape index (κ2) is 9.34. The third-order valence-electron chi connectivity index (χ3n) is 5.53. The van der Waals surface area contributed by atoms with Crippen LogP contribution < -0.4 is 9.47 Å². The molecule has 0 spiro atoms. The quantitative estimate of drug-likeness (QED) is 0.498. The number of carbonyl (C=O) groups excluding carboxylic acids is 1. The Morgan fingerprint density at radius 3 is 2.59 bits per heavy atom. The van der Waals surface area contributed by atoms with Gasteiger partial charge in [-0.05, 0) is 49.6 Å². The van der Waals surface area contributed by atoms with E-state index in [4.69, 9.17) is 9.47 Å². The maximum absolute atomic E-state index is 13.3. The monoisotopic (exact) mass is 435 g/mol. The Balaban J connectivity index is 1.85. The lowest BCUT2D eigenvalue weighted by Crippen LogP contribution is -2.30. The lowest BCUT2D eigenvalue weighted by Gasteiger charge is -2.26. The molecule has 0 bridgehead atoms. The fourth-order valence-electron chi connectivity index (χ4n) is 4.19. The zero-order valence-corrected chi connectivity index (χ0v) is 18.7. The molecule has 2 heterocycles. The zero-order chi connectivity index (χ0) is 22.7. The van der Waals surface area contributed by atoms with E-state index in [2.05, 4.69) is 17.1 Å². The summed E-state index contributed by atoms with van der Waals surface area (Å²) in [5, 5.41) is 17.8. The molecule has 7 nitrogen and oxygen atoms in total. The highest BCUT2D eigenvalue weighted by Gasteiger charge is 2.42. The highest BCUT2D eigenvalue weighted by molar-refractivity contribution is 6.00. The van der Waals surface area contributed by atoms with Crippen LogP contribution in [0.4, 0.5) is 0 Å². The van der Waals surface area contributed by atoms with E-state index < -0.39 is 0 Å². The Labute approximate surface area is 188 Å². The third-order valence-corrected chi connectivity index (χ3v) is 5.53. The number of aromatic hydroxyl groups is 1. The summed E-state index contributed by atoms with van der Waals surface area (Å²) in [6.45, 7) is 7.75.